The molecule has 3 rings (SSSR count). The van der Waals surface area contributed by atoms with Gasteiger partial charge in [0.15, 0.2) is 0 Å². The van der Waals surface area contributed by atoms with E-state index in [-0.39, 0.29) is 0 Å². The minimum absolute atomic E-state index is 0.596. The first-order chi connectivity index (χ1) is 8.24. The second-order valence-electron chi connectivity index (χ2n) is 4.16. The van der Waals surface area contributed by atoms with Crippen LogP contribution in [0, 0.1) is 0 Å². The molecule has 0 amide bonds. The molecule has 1 aliphatic rings. The van der Waals surface area contributed by atoms with E-state index in [9.17, 15) is 0 Å². The van der Waals surface area contributed by atoms with Crippen molar-refractivity contribution in [2.75, 3.05) is 12.3 Å². The van der Waals surface area contributed by atoms with E-state index in [1.54, 1.807) is 0 Å². The Kier molecular flexibility index (Phi) is 2.45. The Morgan fingerprint density at radius 2 is 1.82 bits per heavy atom. The Labute approximate surface area is 105 Å². The predicted octanol–water partition coefficient (Wildman–Crippen LogP) is 3.52. The van der Waals surface area contributed by atoms with Crippen LogP contribution in [0.25, 0.3) is 11.1 Å². The SMILES string of the molecule is Nc1cc(-c2ccc3c(c2)CCO3)ccc1Cl. The maximum Gasteiger partial charge on any atom is 0.122 e. The van der Waals surface area contributed by atoms with E-state index in [0.717, 1.165) is 29.9 Å². The van der Waals surface area contributed by atoms with Gasteiger partial charge in [-0.15, -0.1) is 0 Å². The highest BCUT2D eigenvalue weighted by Gasteiger charge is 2.12. The average molecular weight is 246 g/mol. The van der Waals surface area contributed by atoms with Gasteiger partial charge in [0.05, 0.1) is 17.3 Å². The molecule has 0 saturated carbocycles. The summed E-state index contributed by atoms with van der Waals surface area (Å²) in [5.41, 5.74) is 9.92. The first kappa shape index (κ1) is 10.5. The summed E-state index contributed by atoms with van der Waals surface area (Å²) in [6, 6.07) is 11.9. The zero-order valence-corrected chi connectivity index (χ0v) is 10.00. The number of hydrogen-bond donors (Lipinski definition) is 1. The maximum atomic E-state index is 5.92. The number of halogens is 1. The largest absolute Gasteiger partial charge is 0.493 e. The van der Waals surface area contributed by atoms with Gasteiger partial charge in [-0.25, -0.2) is 0 Å². The summed E-state index contributed by atoms with van der Waals surface area (Å²) in [4.78, 5) is 0. The first-order valence-electron chi connectivity index (χ1n) is 5.55. The maximum absolute atomic E-state index is 5.92. The number of nitrogen functional groups attached to an aromatic ring is 1. The lowest BCUT2D eigenvalue weighted by Gasteiger charge is -2.06. The molecule has 0 radical (unpaired) electrons. The van der Waals surface area contributed by atoms with Crippen molar-refractivity contribution in [1.82, 2.24) is 0 Å². The van der Waals surface area contributed by atoms with Gasteiger partial charge in [-0.1, -0.05) is 23.7 Å². The van der Waals surface area contributed by atoms with Crippen LogP contribution < -0.4 is 10.5 Å². The summed E-state index contributed by atoms with van der Waals surface area (Å²) < 4.78 is 5.49. The van der Waals surface area contributed by atoms with Crippen molar-refractivity contribution in [3.63, 3.8) is 0 Å². The zero-order chi connectivity index (χ0) is 11.8. The number of nitrogens with two attached hydrogens (primary N) is 1. The Hall–Kier alpha value is -1.67. The molecule has 86 valence electrons. The minimum atomic E-state index is 0.596. The molecule has 1 aliphatic heterocycles. The highest BCUT2D eigenvalue weighted by Crippen LogP contribution is 2.32. The normalized spacial score (nSPS) is 13.2. The number of benzene rings is 2. The van der Waals surface area contributed by atoms with Crippen LogP contribution in [0.5, 0.6) is 5.75 Å². The monoisotopic (exact) mass is 245 g/mol. The predicted molar refractivity (Wildman–Crippen MR) is 70.5 cm³/mol. The van der Waals surface area contributed by atoms with Gasteiger partial charge in [-0.2, -0.15) is 0 Å². The van der Waals surface area contributed by atoms with E-state index in [1.165, 1.54) is 5.56 Å². The number of rotatable bonds is 1. The van der Waals surface area contributed by atoms with Crippen molar-refractivity contribution in [2.45, 2.75) is 6.42 Å². The number of anilines is 1. The second-order valence-corrected chi connectivity index (χ2v) is 4.56. The zero-order valence-electron chi connectivity index (χ0n) is 9.24. The summed E-state index contributed by atoms with van der Waals surface area (Å²) in [6.45, 7) is 0.779. The molecule has 0 fully saturated rings. The smallest absolute Gasteiger partial charge is 0.122 e. The van der Waals surface area contributed by atoms with Crippen LogP contribution in [-0.2, 0) is 6.42 Å². The number of fused-ring (bicyclic) bond motifs is 1. The van der Waals surface area contributed by atoms with Gasteiger partial charge in [-0.05, 0) is 41.0 Å². The topological polar surface area (TPSA) is 35.2 Å². The van der Waals surface area contributed by atoms with E-state index in [2.05, 4.69) is 6.07 Å². The minimum Gasteiger partial charge on any atom is -0.493 e. The van der Waals surface area contributed by atoms with E-state index in [4.69, 9.17) is 22.1 Å². The molecule has 0 spiro atoms. The van der Waals surface area contributed by atoms with Gasteiger partial charge >= 0.3 is 0 Å². The van der Waals surface area contributed by atoms with Gasteiger partial charge in [0.1, 0.15) is 5.75 Å². The fraction of sp³-hybridized carbons (Fsp3) is 0.143. The molecule has 17 heavy (non-hydrogen) atoms. The van der Waals surface area contributed by atoms with Crippen molar-refractivity contribution >= 4 is 17.3 Å². The third kappa shape index (κ3) is 1.85. The van der Waals surface area contributed by atoms with Crippen LogP contribution in [-0.4, -0.2) is 6.61 Å². The van der Waals surface area contributed by atoms with Crippen LogP contribution in [0.4, 0.5) is 5.69 Å². The molecule has 3 heteroatoms. The Bertz CT molecular complexity index is 580. The lowest BCUT2D eigenvalue weighted by atomic mass is 10.0. The summed E-state index contributed by atoms with van der Waals surface area (Å²) in [5.74, 6) is 0.996. The van der Waals surface area contributed by atoms with Crippen molar-refractivity contribution in [3.8, 4) is 16.9 Å². The molecule has 0 aromatic heterocycles. The molecule has 1 heterocycles. The first-order valence-corrected chi connectivity index (χ1v) is 5.93. The van der Waals surface area contributed by atoms with Crippen LogP contribution in [0.1, 0.15) is 5.56 Å². The molecule has 0 aliphatic carbocycles. The molecule has 2 aromatic carbocycles. The Morgan fingerprint density at radius 1 is 1.06 bits per heavy atom. The number of ether oxygens (including phenoxy) is 1. The third-order valence-corrected chi connectivity index (χ3v) is 3.36. The second kappa shape index (κ2) is 3.97. The van der Waals surface area contributed by atoms with Crippen molar-refractivity contribution in [2.24, 2.45) is 0 Å². The number of hydrogen-bond acceptors (Lipinski definition) is 2. The van der Waals surface area contributed by atoms with E-state index in [0.29, 0.717) is 10.7 Å². The van der Waals surface area contributed by atoms with Crippen LogP contribution >= 0.6 is 11.6 Å². The summed E-state index contributed by atoms with van der Waals surface area (Å²) in [6.07, 6.45) is 0.978. The lowest BCUT2D eigenvalue weighted by Crippen LogP contribution is -1.88. The van der Waals surface area contributed by atoms with Gasteiger partial charge in [-0.3, -0.25) is 0 Å². The highest BCUT2D eigenvalue weighted by atomic mass is 35.5. The van der Waals surface area contributed by atoms with Crippen LogP contribution in [0.2, 0.25) is 5.02 Å². The lowest BCUT2D eigenvalue weighted by molar-refractivity contribution is 0.357. The summed E-state index contributed by atoms with van der Waals surface area (Å²) in [7, 11) is 0. The average Bonchev–Trinajstić information content (AvgIpc) is 2.79. The van der Waals surface area contributed by atoms with Gasteiger partial charge in [0.2, 0.25) is 0 Å². The fourth-order valence-corrected chi connectivity index (χ4v) is 2.21. The highest BCUT2D eigenvalue weighted by molar-refractivity contribution is 6.33. The van der Waals surface area contributed by atoms with Crippen molar-refractivity contribution in [3.05, 3.63) is 47.0 Å². The molecule has 2 nitrogen and oxygen atoms in total. The Balaban J connectivity index is 2.06. The van der Waals surface area contributed by atoms with E-state index < -0.39 is 0 Å². The van der Waals surface area contributed by atoms with Crippen molar-refractivity contribution in [1.29, 1.82) is 0 Å². The molecule has 0 unspecified atom stereocenters. The molecular formula is C14H12ClNO. The molecule has 0 atom stereocenters. The molecule has 0 saturated heterocycles. The van der Waals surface area contributed by atoms with Crippen molar-refractivity contribution < 1.29 is 4.74 Å². The summed E-state index contributed by atoms with van der Waals surface area (Å²) >= 11 is 5.92. The fourth-order valence-electron chi connectivity index (χ4n) is 2.09. The third-order valence-electron chi connectivity index (χ3n) is 3.02. The molecule has 2 aromatic rings. The van der Waals surface area contributed by atoms with Gasteiger partial charge in [0, 0.05) is 6.42 Å². The standard InChI is InChI=1S/C14H12ClNO/c15-12-3-1-10(8-13(12)16)9-2-4-14-11(7-9)5-6-17-14/h1-4,7-8H,5-6,16H2. The van der Waals surface area contributed by atoms with E-state index >= 15 is 0 Å². The molecule has 2 N–H and O–H groups in total. The molecule has 0 bridgehead atoms. The Morgan fingerprint density at radius 3 is 2.65 bits per heavy atom. The van der Waals surface area contributed by atoms with Crippen LogP contribution in [0.3, 0.4) is 0 Å². The van der Waals surface area contributed by atoms with Gasteiger partial charge < -0.3 is 10.5 Å². The molecular weight excluding hydrogens is 234 g/mol. The quantitative estimate of drug-likeness (QED) is 0.781. The van der Waals surface area contributed by atoms with Crippen LogP contribution in [0.15, 0.2) is 36.4 Å². The summed E-state index contributed by atoms with van der Waals surface area (Å²) in [5, 5.41) is 0.596. The van der Waals surface area contributed by atoms with Gasteiger partial charge in [0.25, 0.3) is 0 Å². The van der Waals surface area contributed by atoms with E-state index in [1.807, 2.05) is 30.3 Å².